The van der Waals surface area contributed by atoms with Gasteiger partial charge in [-0.1, -0.05) is 12.1 Å². The molecule has 1 aromatic heterocycles. The minimum absolute atomic E-state index is 0.0875. The second kappa shape index (κ2) is 9.32. The lowest BCUT2D eigenvalue weighted by molar-refractivity contribution is -0.138. The van der Waals surface area contributed by atoms with Crippen LogP contribution in [0.4, 0.5) is 13.2 Å². The molecule has 2 aliphatic rings. The van der Waals surface area contributed by atoms with Crippen molar-refractivity contribution < 1.29 is 22.7 Å². The largest absolute Gasteiger partial charge is 0.416 e. The summed E-state index contributed by atoms with van der Waals surface area (Å²) in [5.41, 5.74) is 0.852. The molecular formula is C22H25F3N4O2. The average Bonchev–Trinajstić information content (AvgIpc) is 2.79. The van der Waals surface area contributed by atoms with Gasteiger partial charge < -0.3 is 9.64 Å². The van der Waals surface area contributed by atoms with E-state index in [-0.39, 0.29) is 11.8 Å². The zero-order chi connectivity index (χ0) is 21.8. The molecule has 1 aromatic carbocycles. The molecule has 3 heterocycles. The Balaban J connectivity index is 1.45. The number of amides is 1. The maximum Gasteiger partial charge on any atom is 0.416 e. The van der Waals surface area contributed by atoms with E-state index in [9.17, 15) is 18.0 Å². The third-order valence-corrected chi connectivity index (χ3v) is 5.79. The van der Waals surface area contributed by atoms with Crippen LogP contribution in [0.2, 0.25) is 0 Å². The number of morpholine rings is 1. The van der Waals surface area contributed by atoms with Gasteiger partial charge in [0.1, 0.15) is 0 Å². The second-order valence-corrected chi connectivity index (χ2v) is 7.98. The lowest BCUT2D eigenvalue weighted by Gasteiger charge is -2.34. The van der Waals surface area contributed by atoms with E-state index in [1.165, 1.54) is 12.3 Å². The van der Waals surface area contributed by atoms with E-state index in [1.807, 2.05) is 4.90 Å². The van der Waals surface area contributed by atoms with Gasteiger partial charge in [0.25, 0.3) is 0 Å². The molecule has 166 valence electrons. The molecule has 0 saturated carbocycles. The minimum atomic E-state index is -4.40. The van der Waals surface area contributed by atoms with Gasteiger partial charge in [0.2, 0.25) is 5.91 Å². The summed E-state index contributed by atoms with van der Waals surface area (Å²) in [7, 11) is 0. The molecule has 6 nitrogen and oxygen atoms in total. The summed E-state index contributed by atoms with van der Waals surface area (Å²) < 4.78 is 44.5. The Hall–Kier alpha value is -2.52. The fourth-order valence-corrected chi connectivity index (χ4v) is 4.12. The van der Waals surface area contributed by atoms with Gasteiger partial charge in [0.15, 0.2) is 0 Å². The summed E-state index contributed by atoms with van der Waals surface area (Å²) in [4.78, 5) is 25.4. The summed E-state index contributed by atoms with van der Waals surface area (Å²) in [6.07, 6.45) is 0.591. The number of ether oxygens (including phenoxy) is 1. The van der Waals surface area contributed by atoms with E-state index in [0.717, 1.165) is 37.2 Å². The molecule has 2 saturated heterocycles. The molecule has 0 N–H and O–H groups in total. The fourth-order valence-electron chi connectivity index (χ4n) is 4.12. The lowest BCUT2D eigenvalue weighted by atomic mass is 9.94. The molecule has 31 heavy (non-hydrogen) atoms. The third kappa shape index (κ3) is 5.40. The summed E-state index contributed by atoms with van der Waals surface area (Å²) in [5, 5.41) is 0. The van der Waals surface area contributed by atoms with E-state index >= 15 is 0 Å². The number of aromatic nitrogens is 2. The summed E-state index contributed by atoms with van der Waals surface area (Å²) >= 11 is 0. The number of carbonyl (C=O) groups is 1. The minimum Gasteiger partial charge on any atom is -0.378 e. The highest BCUT2D eigenvalue weighted by atomic mass is 19.4. The van der Waals surface area contributed by atoms with Crippen LogP contribution in [-0.4, -0.2) is 71.6 Å². The van der Waals surface area contributed by atoms with Crippen molar-refractivity contribution in [2.24, 2.45) is 0 Å². The molecule has 9 heteroatoms. The van der Waals surface area contributed by atoms with Crippen LogP contribution in [0, 0.1) is 0 Å². The van der Waals surface area contributed by atoms with Crippen molar-refractivity contribution in [2.75, 3.05) is 45.9 Å². The van der Waals surface area contributed by atoms with Crippen LogP contribution in [0.3, 0.4) is 0 Å². The Labute approximate surface area is 179 Å². The monoisotopic (exact) mass is 434 g/mol. The molecule has 2 aromatic rings. The van der Waals surface area contributed by atoms with Crippen molar-refractivity contribution in [3.8, 4) is 11.3 Å². The highest BCUT2D eigenvalue weighted by Gasteiger charge is 2.31. The topological polar surface area (TPSA) is 58.6 Å². The van der Waals surface area contributed by atoms with Crippen molar-refractivity contribution in [1.29, 1.82) is 0 Å². The number of carbonyl (C=O) groups excluding carboxylic acids is 1. The van der Waals surface area contributed by atoms with Crippen LogP contribution in [0.1, 0.15) is 30.0 Å². The first kappa shape index (κ1) is 21.7. The highest BCUT2D eigenvalue weighted by molar-refractivity contribution is 5.78. The Morgan fingerprint density at radius 2 is 1.97 bits per heavy atom. The summed E-state index contributed by atoms with van der Waals surface area (Å²) in [6.45, 7) is 4.28. The number of halogens is 3. The lowest BCUT2D eigenvalue weighted by Crippen LogP contribution is -2.47. The van der Waals surface area contributed by atoms with E-state index < -0.39 is 11.7 Å². The Bertz CT molecular complexity index is 916. The van der Waals surface area contributed by atoms with Crippen LogP contribution in [0.25, 0.3) is 11.3 Å². The summed E-state index contributed by atoms with van der Waals surface area (Å²) in [5.74, 6) is 0.192. The normalized spacial score (nSPS) is 20.6. The van der Waals surface area contributed by atoms with Gasteiger partial charge in [-0.3, -0.25) is 14.7 Å². The zero-order valence-electron chi connectivity index (χ0n) is 17.1. The number of rotatable bonds is 4. The van der Waals surface area contributed by atoms with Crippen molar-refractivity contribution in [1.82, 2.24) is 19.8 Å². The Morgan fingerprint density at radius 1 is 1.16 bits per heavy atom. The predicted octanol–water partition coefficient (Wildman–Crippen LogP) is 3.20. The van der Waals surface area contributed by atoms with E-state index in [2.05, 4.69) is 14.9 Å². The number of alkyl halides is 3. The van der Waals surface area contributed by atoms with Gasteiger partial charge >= 0.3 is 6.18 Å². The fraction of sp³-hybridized carbons (Fsp3) is 0.500. The predicted molar refractivity (Wildman–Crippen MR) is 108 cm³/mol. The van der Waals surface area contributed by atoms with Crippen molar-refractivity contribution in [2.45, 2.75) is 24.9 Å². The van der Waals surface area contributed by atoms with Gasteiger partial charge in [0, 0.05) is 37.3 Å². The third-order valence-electron chi connectivity index (χ3n) is 5.79. The summed E-state index contributed by atoms with van der Waals surface area (Å²) in [6, 6.07) is 5.14. The van der Waals surface area contributed by atoms with Gasteiger partial charge in [-0.15, -0.1) is 0 Å². The number of likely N-dealkylation sites (tertiary alicyclic amines) is 1. The van der Waals surface area contributed by atoms with Crippen LogP contribution >= 0.6 is 0 Å². The van der Waals surface area contributed by atoms with Gasteiger partial charge in [0.05, 0.1) is 42.9 Å². The number of hydrogen-bond donors (Lipinski definition) is 0. The quantitative estimate of drug-likeness (QED) is 0.740. The van der Waals surface area contributed by atoms with Gasteiger partial charge in [-0.2, -0.15) is 13.2 Å². The number of nitrogens with zero attached hydrogens (tertiary/aromatic N) is 4. The second-order valence-electron chi connectivity index (χ2n) is 7.98. The maximum absolute atomic E-state index is 13.1. The van der Waals surface area contributed by atoms with Crippen molar-refractivity contribution in [3.63, 3.8) is 0 Å². The highest BCUT2D eigenvalue weighted by Crippen LogP contribution is 2.32. The Kier molecular flexibility index (Phi) is 6.52. The molecule has 2 fully saturated rings. The van der Waals surface area contributed by atoms with E-state index in [1.54, 1.807) is 12.3 Å². The molecule has 4 rings (SSSR count). The van der Waals surface area contributed by atoms with Crippen LogP contribution < -0.4 is 0 Å². The zero-order valence-corrected chi connectivity index (χ0v) is 17.1. The molecule has 0 aliphatic carbocycles. The number of benzene rings is 1. The first-order chi connectivity index (χ1) is 14.9. The first-order valence-electron chi connectivity index (χ1n) is 10.5. The van der Waals surface area contributed by atoms with E-state index in [0.29, 0.717) is 50.7 Å². The van der Waals surface area contributed by atoms with Crippen LogP contribution in [-0.2, 0) is 15.7 Å². The Morgan fingerprint density at radius 3 is 2.74 bits per heavy atom. The van der Waals surface area contributed by atoms with Gasteiger partial charge in [-0.25, -0.2) is 4.98 Å². The molecule has 0 bridgehead atoms. The van der Waals surface area contributed by atoms with Gasteiger partial charge in [-0.05, 0) is 31.5 Å². The molecule has 0 radical (unpaired) electrons. The molecule has 2 aliphatic heterocycles. The van der Waals surface area contributed by atoms with E-state index in [4.69, 9.17) is 4.74 Å². The molecule has 0 unspecified atom stereocenters. The van der Waals surface area contributed by atoms with Crippen molar-refractivity contribution >= 4 is 5.91 Å². The SMILES string of the molecule is O=C(CN1CCC[C@@H](c2cncc(-c3cccc(C(F)(F)F)c3)n2)C1)N1CCOCC1. The molecule has 1 amide bonds. The first-order valence-corrected chi connectivity index (χ1v) is 10.5. The molecule has 0 spiro atoms. The standard InChI is InChI=1S/C22H25F3N4O2/c23-22(24,25)18-5-1-3-16(11-18)19-12-26-13-20(27-19)17-4-2-6-28(14-17)15-21(30)29-7-9-31-10-8-29/h1,3,5,11-13,17H,2,4,6-10,14-15H2/t17-/m1/s1. The van der Waals surface area contributed by atoms with Crippen molar-refractivity contribution in [3.05, 3.63) is 47.9 Å². The van der Waals surface area contributed by atoms with Crippen LogP contribution in [0.5, 0.6) is 0 Å². The molecular weight excluding hydrogens is 409 g/mol. The number of hydrogen-bond acceptors (Lipinski definition) is 5. The van der Waals surface area contributed by atoms with Crippen LogP contribution in [0.15, 0.2) is 36.7 Å². The smallest absolute Gasteiger partial charge is 0.378 e. The molecule has 1 atom stereocenters. The average molecular weight is 434 g/mol. The maximum atomic E-state index is 13.1. The number of piperidine rings is 1.